The maximum Gasteiger partial charge on any atom is 0.191 e. The van der Waals surface area contributed by atoms with E-state index in [-0.39, 0.29) is 24.0 Å². The number of thioether (sulfide) groups is 1. The van der Waals surface area contributed by atoms with Gasteiger partial charge in [0.05, 0.1) is 0 Å². The Labute approximate surface area is 168 Å². The Bertz CT molecular complexity index is 496. The van der Waals surface area contributed by atoms with Crippen molar-refractivity contribution in [1.82, 2.24) is 15.5 Å². The zero-order valence-corrected chi connectivity index (χ0v) is 18.0. The lowest BCUT2D eigenvalue weighted by Gasteiger charge is -2.28. The summed E-state index contributed by atoms with van der Waals surface area (Å²) in [5.74, 6) is 2.16. The molecule has 4 nitrogen and oxygen atoms in total. The lowest BCUT2D eigenvalue weighted by molar-refractivity contribution is 0.258. The molecule has 2 N–H and O–H groups in total. The van der Waals surface area contributed by atoms with Crippen LogP contribution in [0.5, 0.6) is 0 Å². The highest BCUT2D eigenvalue weighted by Crippen LogP contribution is 2.17. The topological polar surface area (TPSA) is 39.7 Å². The van der Waals surface area contributed by atoms with Gasteiger partial charge in [-0.1, -0.05) is 24.3 Å². The van der Waals surface area contributed by atoms with E-state index in [0.29, 0.717) is 0 Å². The molecule has 0 atom stereocenters. The van der Waals surface area contributed by atoms with Crippen molar-refractivity contribution < 1.29 is 0 Å². The minimum atomic E-state index is 0. The van der Waals surface area contributed by atoms with E-state index in [9.17, 15) is 0 Å². The van der Waals surface area contributed by atoms with Gasteiger partial charge in [-0.3, -0.25) is 9.89 Å². The Morgan fingerprint density at radius 1 is 1.17 bits per heavy atom. The second-order valence-electron chi connectivity index (χ2n) is 5.92. The predicted molar refractivity (Wildman–Crippen MR) is 118 cm³/mol. The first kappa shape index (κ1) is 21.6. The Kier molecular flexibility index (Phi) is 11.5. The van der Waals surface area contributed by atoms with E-state index in [1.54, 1.807) is 0 Å². The van der Waals surface area contributed by atoms with Crippen molar-refractivity contribution >= 4 is 41.7 Å². The van der Waals surface area contributed by atoms with Gasteiger partial charge in [0.2, 0.25) is 0 Å². The first-order chi connectivity index (χ1) is 11.3. The van der Waals surface area contributed by atoms with Crippen LogP contribution in [0.2, 0.25) is 0 Å². The Hall–Kier alpha value is -0.470. The summed E-state index contributed by atoms with van der Waals surface area (Å²) in [4.78, 5) is 6.81. The molecule has 0 aromatic heterocycles. The van der Waals surface area contributed by atoms with Crippen LogP contribution in [0, 0.1) is 0 Å². The van der Waals surface area contributed by atoms with Crippen LogP contribution in [0.3, 0.4) is 0 Å². The number of unbranched alkanes of at least 4 members (excludes halogenated alkanes) is 1. The molecule has 0 bridgehead atoms. The third-order valence-electron chi connectivity index (χ3n) is 4.22. The molecule has 2 rings (SSSR count). The van der Waals surface area contributed by atoms with Gasteiger partial charge in [-0.15, -0.1) is 24.0 Å². The van der Waals surface area contributed by atoms with E-state index in [4.69, 9.17) is 0 Å². The molecule has 0 amide bonds. The Morgan fingerprint density at radius 3 is 2.67 bits per heavy atom. The molecule has 136 valence electrons. The number of guanidine groups is 1. The maximum absolute atomic E-state index is 4.30. The molecule has 0 saturated carbocycles. The summed E-state index contributed by atoms with van der Waals surface area (Å²) in [5.41, 5.74) is 2.99. The second kappa shape index (κ2) is 12.8. The SMILES string of the molecule is CN=C(NCCCCSC)NCCN1CCc2ccccc2C1.I. The first-order valence-electron chi connectivity index (χ1n) is 8.56. The van der Waals surface area contributed by atoms with Gasteiger partial charge in [0.25, 0.3) is 0 Å². The lowest BCUT2D eigenvalue weighted by atomic mass is 10.00. The minimum absolute atomic E-state index is 0. The fourth-order valence-corrected chi connectivity index (χ4v) is 3.37. The standard InChI is InChI=1S/C18H30N4S.HI/c1-19-18(20-10-5-6-14-23-2)21-11-13-22-12-9-16-7-3-4-8-17(16)15-22;/h3-4,7-8H,5-6,9-15H2,1-2H3,(H2,19,20,21);1H. The highest BCUT2D eigenvalue weighted by molar-refractivity contribution is 14.0. The maximum atomic E-state index is 4.30. The highest BCUT2D eigenvalue weighted by Gasteiger charge is 2.14. The van der Waals surface area contributed by atoms with Crippen LogP contribution in [0.25, 0.3) is 0 Å². The Balaban J connectivity index is 0.00000288. The average molecular weight is 462 g/mol. The van der Waals surface area contributed by atoms with E-state index in [1.807, 2.05) is 18.8 Å². The number of halogens is 1. The molecule has 6 heteroatoms. The molecule has 1 aromatic carbocycles. The summed E-state index contributed by atoms with van der Waals surface area (Å²) >= 11 is 1.91. The van der Waals surface area contributed by atoms with Crippen LogP contribution in [0.15, 0.2) is 29.3 Å². The van der Waals surface area contributed by atoms with Crippen LogP contribution in [-0.4, -0.2) is 56.1 Å². The summed E-state index contributed by atoms with van der Waals surface area (Å²) in [7, 11) is 1.84. The molecule has 0 radical (unpaired) electrons. The van der Waals surface area contributed by atoms with Crippen molar-refractivity contribution in [2.24, 2.45) is 4.99 Å². The van der Waals surface area contributed by atoms with Crippen molar-refractivity contribution in [3.8, 4) is 0 Å². The zero-order valence-electron chi connectivity index (χ0n) is 14.9. The quantitative estimate of drug-likeness (QED) is 0.270. The molecule has 24 heavy (non-hydrogen) atoms. The number of fused-ring (bicyclic) bond motifs is 1. The number of rotatable bonds is 8. The second-order valence-corrected chi connectivity index (χ2v) is 6.91. The smallest absolute Gasteiger partial charge is 0.191 e. The van der Waals surface area contributed by atoms with Gasteiger partial charge in [0, 0.05) is 39.8 Å². The van der Waals surface area contributed by atoms with Gasteiger partial charge in [0.15, 0.2) is 5.96 Å². The summed E-state index contributed by atoms with van der Waals surface area (Å²) in [5, 5.41) is 6.82. The molecule has 1 heterocycles. The van der Waals surface area contributed by atoms with Gasteiger partial charge < -0.3 is 10.6 Å². The fourth-order valence-electron chi connectivity index (χ4n) is 2.88. The van der Waals surface area contributed by atoms with Crippen LogP contribution in [0.4, 0.5) is 0 Å². The van der Waals surface area contributed by atoms with E-state index < -0.39 is 0 Å². The van der Waals surface area contributed by atoms with E-state index in [2.05, 4.69) is 51.0 Å². The van der Waals surface area contributed by atoms with Gasteiger partial charge in [-0.2, -0.15) is 11.8 Å². The number of aliphatic imine (C=N–C) groups is 1. The van der Waals surface area contributed by atoms with E-state index in [1.165, 1.54) is 36.1 Å². The monoisotopic (exact) mass is 462 g/mol. The van der Waals surface area contributed by atoms with Crippen molar-refractivity contribution in [3.05, 3.63) is 35.4 Å². The van der Waals surface area contributed by atoms with Crippen molar-refractivity contribution in [2.75, 3.05) is 45.2 Å². The fraction of sp³-hybridized carbons (Fsp3) is 0.611. The molecule has 0 fully saturated rings. The summed E-state index contributed by atoms with van der Waals surface area (Å²) < 4.78 is 0. The third kappa shape index (κ3) is 7.61. The van der Waals surface area contributed by atoms with E-state index in [0.717, 1.165) is 38.7 Å². The van der Waals surface area contributed by atoms with E-state index >= 15 is 0 Å². The largest absolute Gasteiger partial charge is 0.356 e. The van der Waals surface area contributed by atoms with Crippen molar-refractivity contribution in [1.29, 1.82) is 0 Å². The number of benzene rings is 1. The molecule has 0 spiro atoms. The van der Waals surface area contributed by atoms with Crippen LogP contribution >= 0.6 is 35.7 Å². The summed E-state index contributed by atoms with van der Waals surface area (Å²) in [6.45, 7) is 5.21. The first-order valence-corrected chi connectivity index (χ1v) is 9.95. The molecule has 0 unspecified atom stereocenters. The normalized spacial score (nSPS) is 14.7. The van der Waals surface area contributed by atoms with Crippen molar-refractivity contribution in [2.45, 2.75) is 25.8 Å². The number of hydrogen-bond donors (Lipinski definition) is 2. The molecular weight excluding hydrogens is 431 g/mol. The highest BCUT2D eigenvalue weighted by atomic mass is 127. The zero-order chi connectivity index (χ0) is 16.3. The average Bonchev–Trinajstić information content (AvgIpc) is 2.60. The van der Waals surface area contributed by atoms with Crippen LogP contribution in [-0.2, 0) is 13.0 Å². The predicted octanol–water partition coefficient (Wildman–Crippen LogP) is 2.97. The van der Waals surface area contributed by atoms with Crippen molar-refractivity contribution in [3.63, 3.8) is 0 Å². The van der Waals surface area contributed by atoms with Gasteiger partial charge in [-0.25, -0.2) is 0 Å². The molecule has 0 saturated heterocycles. The van der Waals surface area contributed by atoms with Gasteiger partial charge in [-0.05, 0) is 42.4 Å². The summed E-state index contributed by atoms with van der Waals surface area (Å²) in [6.07, 6.45) is 5.79. The molecule has 1 aliphatic heterocycles. The lowest BCUT2D eigenvalue weighted by Crippen LogP contribution is -2.42. The number of nitrogens with zero attached hydrogens (tertiary/aromatic N) is 2. The molecule has 1 aromatic rings. The number of nitrogens with one attached hydrogen (secondary N) is 2. The molecular formula is C18H31IN4S. The summed E-state index contributed by atoms with van der Waals surface area (Å²) in [6, 6.07) is 8.80. The minimum Gasteiger partial charge on any atom is -0.356 e. The van der Waals surface area contributed by atoms with Gasteiger partial charge in [0.1, 0.15) is 0 Å². The Morgan fingerprint density at radius 2 is 1.92 bits per heavy atom. The number of hydrogen-bond acceptors (Lipinski definition) is 3. The van der Waals surface area contributed by atoms with Crippen LogP contribution < -0.4 is 10.6 Å². The van der Waals surface area contributed by atoms with Gasteiger partial charge >= 0.3 is 0 Å². The third-order valence-corrected chi connectivity index (χ3v) is 4.92. The molecule has 1 aliphatic rings. The van der Waals surface area contributed by atoms with Crippen LogP contribution in [0.1, 0.15) is 24.0 Å². The molecule has 0 aliphatic carbocycles.